The van der Waals surface area contributed by atoms with Crippen molar-refractivity contribution in [2.75, 3.05) is 18.4 Å². The Kier molecular flexibility index (Phi) is 6.43. The molecule has 0 aromatic heterocycles. The lowest BCUT2D eigenvalue weighted by Crippen LogP contribution is -2.32. The maximum Gasteiger partial charge on any atom is 0.270 e. The number of non-ortho nitro benzene ring substituents is 1. The summed E-state index contributed by atoms with van der Waals surface area (Å²) in [6, 6.07) is 12.1. The van der Waals surface area contributed by atoms with Crippen molar-refractivity contribution < 1.29 is 9.72 Å². The van der Waals surface area contributed by atoms with E-state index in [1.165, 1.54) is 30.5 Å². The predicted molar refractivity (Wildman–Crippen MR) is 114 cm³/mol. The molecule has 0 saturated carbocycles. The highest BCUT2D eigenvalue weighted by Crippen LogP contribution is 2.22. The van der Waals surface area contributed by atoms with Gasteiger partial charge in [0.1, 0.15) is 0 Å². The minimum Gasteiger partial charge on any atom is -0.322 e. The van der Waals surface area contributed by atoms with Crippen LogP contribution in [0.4, 0.5) is 11.4 Å². The topological polar surface area (TPSA) is 75.5 Å². The quantitative estimate of drug-likeness (QED) is 0.384. The number of piperidine rings is 1. The number of hydrogen-bond donors (Lipinski definition) is 1. The van der Waals surface area contributed by atoms with Crippen LogP contribution in [0.1, 0.15) is 35.7 Å². The molecular weight excluding hydrogens is 457 g/mol. The van der Waals surface area contributed by atoms with E-state index in [9.17, 15) is 14.9 Å². The highest BCUT2D eigenvalue weighted by atomic mass is 127. The van der Waals surface area contributed by atoms with Gasteiger partial charge in [0.2, 0.25) is 0 Å². The molecule has 1 heterocycles. The molecule has 1 saturated heterocycles. The lowest BCUT2D eigenvalue weighted by atomic mass is 9.99. The van der Waals surface area contributed by atoms with Crippen molar-refractivity contribution in [3.8, 4) is 0 Å². The second-order valence-corrected chi connectivity index (χ2v) is 8.19. The van der Waals surface area contributed by atoms with Gasteiger partial charge >= 0.3 is 0 Å². The zero-order chi connectivity index (χ0) is 19.4. The minimum absolute atomic E-state index is 0.0910. The van der Waals surface area contributed by atoms with Gasteiger partial charge < -0.3 is 5.32 Å². The van der Waals surface area contributed by atoms with Crippen LogP contribution in [0, 0.1) is 19.6 Å². The van der Waals surface area contributed by atoms with Crippen molar-refractivity contribution in [1.29, 1.82) is 0 Å². The fourth-order valence-electron chi connectivity index (χ4n) is 3.17. The average Bonchev–Trinajstić information content (AvgIpc) is 2.65. The molecule has 0 radical (unpaired) electrons. The molecule has 7 heteroatoms. The summed E-state index contributed by atoms with van der Waals surface area (Å²) in [5, 5.41) is 13.8. The lowest BCUT2D eigenvalue weighted by molar-refractivity contribution is -0.384. The van der Waals surface area contributed by atoms with Crippen LogP contribution in [-0.4, -0.2) is 28.8 Å². The third-order valence-electron chi connectivity index (χ3n) is 4.90. The number of nitrogens with one attached hydrogen (secondary N) is 1. The SMILES string of the molecule is CC1CCN(Cc2ccc(NC(=O)c3cc([N+](=O)[O-])ccc3I)cc2)CC1. The van der Waals surface area contributed by atoms with Gasteiger partial charge in [-0.1, -0.05) is 19.1 Å². The standard InChI is InChI=1S/C20H22IN3O3/c1-14-8-10-23(11-9-14)13-15-2-4-16(5-3-15)22-20(25)18-12-17(24(26)27)6-7-19(18)21/h2-7,12,14H,8-11,13H2,1H3,(H,22,25). The number of amides is 1. The first-order valence-corrected chi connectivity index (χ1v) is 10.1. The first-order chi connectivity index (χ1) is 12.9. The summed E-state index contributed by atoms with van der Waals surface area (Å²) in [4.78, 5) is 25.4. The largest absolute Gasteiger partial charge is 0.322 e. The molecule has 0 spiro atoms. The molecule has 1 aliphatic rings. The van der Waals surface area contributed by atoms with Crippen LogP contribution in [0.15, 0.2) is 42.5 Å². The number of nitro benzene ring substituents is 1. The molecule has 2 aromatic carbocycles. The lowest BCUT2D eigenvalue weighted by Gasteiger charge is -2.30. The van der Waals surface area contributed by atoms with Crippen LogP contribution in [-0.2, 0) is 6.54 Å². The summed E-state index contributed by atoms with van der Waals surface area (Å²) in [5.41, 5.74) is 2.11. The molecule has 0 aliphatic carbocycles. The highest BCUT2D eigenvalue weighted by Gasteiger charge is 2.17. The molecule has 27 heavy (non-hydrogen) atoms. The van der Waals surface area contributed by atoms with Gasteiger partial charge in [0.05, 0.1) is 10.5 Å². The molecule has 1 aliphatic heterocycles. The van der Waals surface area contributed by atoms with Gasteiger partial charge in [-0.05, 0) is 78.2 Å². The van der Waals surface area contributed by atoms with E-state index in [2.05, 4.69) is 17.1 Å². The van der Waals surface area contributed by atoms with Crippen LogP contribution in [0.5, 0.6) is 0 Å². The van der Waals surface area contributed by atoms with E-state index < -0.39 is 4.92 Å². The van der Waals surface area contributed by atoms with Crippen molar-refractivity contribution in [1.82, 2.24) is 4.90 Å². The van der Waals surface area contributed by atoms with E-state index in [1.54, 1.807) is 6.07 Å². The Bertz CT molecular complexity index is 831. The van der Waals surface area contributed by atoms with Crippen LogP contribution >= 0.6 is 22.6 Å². The summed E-state index contributed by atoms with van der Waals surface area (Å²) in [6.45, 7) is 5.48. The second kappa shape index (κ2) is 8.79. The monoisotopic (exact) mass is 479 g/mol. The van der Waals surface area contributed by atoms with Crippen LogP contribution in [0.25, 0.3) is 0 Å². The zero-order valence-electron chi connectivity index (χ0n) is 15.2. The third-order valence-corrected chi connectivity index (χ3v) is 5.84. The van der Waals surface area contributed by atoms with E-state index >= 15 is 0 Å². The molecule has 0 bridgehead atoms. The molecule has 1 amide bonds. The van der Waals surface area contributed by atoms with Crippen LogP contribution < -0.4 is 5.32 Å². The van der Waals surface area contributed by atoms with E-state index in [4.69, 9.17) is 0 Å². The first-order valence-electron chi connectivity index (χ1n) is 8.99. The number of rotatable bonds is 5. The number of carbonyl (C=O) groups is 1. The molecule has 0 unspecified atom stereocenters. The Morgan fingerprint density at radius 3 is 2.52 bits per heavy atom. The van der Waals surface area contributed by atoms with E-state index in [1.807, 2.05) is 46.9 Å². The fraction of sp³-hybridized carbons (Fsp3) is 0.350. The number of nitro groups is 1. The Labute approximate surface area is 172 Å². The summed E-state index contributed by atoms with van der Waals surface area (Å²) >= 11 is 2.01. The number of benzene rings is 2. The third kappa shape index (κ3) is 5.26. The van der Waals surface area contributed by atoms with E-state index in [0.29, 0.717) is 14.8 Å². The molecule has 1 N–H and O–H groups in total. The molecule has 1 fully saturated rings. The van der Waals surface area contributed by atoms with Crippen molar-refractivity contribution in [3.05, 3.63) is 67.3 Å². The van der Waals surface area contributed by atoms with Crippen LogP contribution in [0.2, 0.25) is 0 Å². The summed E-state index contributed by atoms with van der Waals surface area (Å²) in [6.07, 6.45) is 2.49. The number of carbonyl (C=O) groups excluding carboxylic acids is 1. The smallest absolute Gasteiger partial charge is 0.270 e. The van der Waals surface area contributed by atoms with Crippen LogP contribution in [0.3, 0.4) is 0 Å². The number of likely N-dealkylation sites (tertiary alicyclic amines) is 1. The Balaban J connectivity index is 1.63. The predicted octanol–water partition coefficient (Wildman–Crippen LogP) is 4.68. The van der Waals surface area contributed by atoms with Gasteiger partial charge in [-0.3, -0.25) is 19.8 Å². The average molecular weight is 479 g/mol. The molecular formula is C20H22IN3O3. The zero-order valence-corrected chi connectivity index (χ0v) is 17.3. The number of nitrogens with zero attached hydrogens (tertiary/aromatic N) is 2. The van der Waals surface area contributed by atoms with Crippen molar-refractivity contribution in [2.24, 2.45) is 5.92 Å². The molecule has 142 valence electrons. The van der Waals surface area contributed by atoms with Gasteiger partial charge in [-0.2, -0.15) is 0 Å². The number of hydrogen-bond acceptors (Lipinski definition) is 4. The Morgan fingerprint density at radius 1 is 1.22 bits per heavy atom. The van der Waals surface area contributed by atoms with Crippen molar-refractivity contribution in [2.45, 2.75) is 26.3 Å². The van der Waals surface area contributed by atoms with Crippen molar-refractivity contribution in [3.63, 3.8) is 0 Å². The molecule has 2 aromatic rings. The van der Waals surface area contributed by atoms with Gasteiger partial charge in [-0.25, -0.2) is 0 Å². The summed E-state index contributed by atoms with van der Waals surface area (Å²) in [5.74, 6) is 0.469. The molecule has 3 rings (SSSR count). The summed E-state index contributed by atoms with van der Waals surface area (Å²) < 4.78 is 0.673. The maximum absolute atomic E-state index is 12.5. The molecule has 0 atom stereocenters. The number of anilines is 1. The summed E-state index contributed by atoms with van der Waals surface area (Å²) in [7, 11) is 0. The van der Waals surface area contributed by atoms with Gasteiger partial charge in [-0.15, -0.1) is 0 Å². The Morgan fingerprint density at radius 2 is 1.89 bits per heavy atom. The normalized spacial score (nSPS) is 15.5. The Hall–Kier alpha value is -2.00. The second-order valence-electron chi connectivity index (χ2n) is 7.03. The minimum atomic E-state index is -0.497. The highest BCUT2D eigenvalue weighted by molar-refractivity contribution is 14.1. The molecule has 6 nitrogen and oxygen atoms in total. The first kappa shape index (κ1) is 19.8. The van der Waals surface area contributed by atoms with Gasteiger partial charge in [0, 0.05) is 27.9 Å². The van der Waals surface area contributed by atoms with Gasteiger partial charge in [0.15, 0.2) is 0 Å². The fourth-order valence-corrected chi connectivity index (χ4v) is 3.75. The van der Waals surface area contributed by atoms with E-state index in [-0.39, 0.29) is 11.6 Å². The van der Waals surface area contributed by atoms with Gasteiger partial charge in [0.25, 0.3) is 11.6 Å². The maximum atomic E-state index is 12.5. The van der Waals surface area contributed by atoms with Crippen molar-refractivity contribution >= 4 is 39.9 Å². The number of halogens is 1. The van der Waals surface area contributed by atoms with E-state index in [0.717, 1.165) is 25.6 Å².